The lowest BCUT2D eigenvalue weighted by Gasteiger charge is -2.21. The molecule has 1 heterocycles. The molecule has 2 rings (SSSR count). The molecule has 1 aliphatic heterocycles. The van der Waals surface area contributed by atoms with Gasteiger partial charge in [-0.1, -0.05) is 45.1 Å². The van der Waals surface area contributed by atoms with Crippen LogP contribution in [0.4, 0.5) is 10.5 Å². The molecule has 1 aromatic carbocycles. The third-order valence-electron chi connectivity index (χ3n) is 5.05. The van der Waals surface area contributed by atoms with Crippen molar-refractivity contribution in [2.75, 3.05) is 11.0 Å². The lowest BCUT2D eigenvalue weighted by atomic mass is 9.94. The van der Waals surface area contributed by atoms with Crippen LogP contribution in [0.25, 0.3) is 0 Å². The second-order valence-corrected chi connectivity index (χ2v) is 9.66. The van der Waals surface area contributed by atoms with E-state index in [4.69, 9.17) is 0 Å². The highest BCUT2D eigenvalue weighted by Gasteiger charge is 2.48. The first-order valence-electron chi connectivity index (χ1n) is 10.0. The molecule has 1 fully saturated rings. The first-order chi connectivity index (χ1) is 14.0. The Hall–Kier alpha value is -2.62. The van der Waals surface area contributed by atoms with Crippen LogP contribution in [-0.4, -0.2) is 43.1 Å². The van der Waals surface area contributed by atoms with Gasteiger partial charge in [0.2, 0.25) is 10.0 Å². The summed E-state index contributed by atoms with van der Waals surface area (Å²) in [4.78, 5) is 37.7. The summed E-state index contributed by atoms with van der Waals surface area (Å²) in [7, 11) is -3.52. The molecule has 0 spiro atoms. The van der Waals surface area contributed by atoms with Crippen molar-refractivity contribution < 1.29 is 22.8 Å². The molecule has 0 bridgehead atoms. The van der Waals surface area contributed by atoms with Crippen molar-refractivity contribution in [3.05, 3.63) is 29.3 Å². The molecule has 1 saturated heterocycles. The Balaban J connectivity index is 2.07. The number of urea groups is 1. The molecule has 0 radical (unpaired) electrons. The first-order valence-corrected chi connectivity index (χ1v) is 11.9. The summed E-state index contributed by atoms with van der Waals surface area (Å²) in [5.74, 6) is -1.21. The highest BCUT2D eigenvalue weighted by molar-refractivity contribution is 7.92. The molecular weight excluding hydrogens is 408 g/mol. The van der Waals surface area contributed by atoms with Gasteiger partial charge in [-0.05, 0) is 38.0 Å². The van der Waals surface area contributed by atoms with Crippen LogP contribution >= 0.6 is 0 Å². The number of hydrogen-bond acceptors (Lipinski definition) is 5. The number of sulfonamides is 1. The Bertz CT molecular complexity index is 931. The molecule has 4 amide bonds. The van der Waals surface area contributed by atoms with Gasteiger partial charge in [0.05, 0.1) is 11.9 Å². The molecule has 166 valence electrons. The molecule has 0 aromatic heterocycles. The van der Waals surface area contributed by atoms with Gasteiger partial charge in [-0.2, -0.15) is 5.01 Å². The van der Waals surface area contributed by atoms with Gasteiger partial charge in [-0.25, -0.2) is 13.2 Å². The maximum Gasteiger partial charge on any atom is 0.344 e. The fraction of sp³-hybridized carbons (Fsp3) is 0.550. The fourth-order valence-electron chi connectivity index (χ4n) is 3.28. The SMILES string of the molecule is CCCCCCCC1(C)NC(=O)N(NC(=O)c2ccc(C)c(NS(C)(=O)=O)c2)C1=O. The Morgan fingerprint density at radius 1 is 1.17 bits per heavy atom. The van der Waals surface area contributed by atoms with Crippen LogP contribution < -0.4 is 15.5 Å². The predicted molar refractivity (Wildman–Crippen MR) is 114 cm³/mol. The molecule has 9 nitrogen and oxygen atoms in total. The number of rotatable bonds is 10. The standard InChI is InChI=1S/C20H30N4O5S/c1-5-6-7-8-9-12-20(3)18(26)24(19(27)21-20)22-17(25)15-11-10-14(2)16(13-15)23-30(4,28)29/h10-11,13,23H,5-9,12H2,1-4H3,(H,21,27)(H,22,25). The molecular formula is C20H30N4O5S. The number of unbranched alkanes of at least 4 members (excludes halogenated alkanes) is 4. The van der Waals surface area contributed by atoms with E-state index in [1.807, 2.05) is 0 Å². The van der Waals surface area contributed by atoms with Gasteiger partial charge in [0.25, 0.3) is 11.8 Å². The average Bonchev–Trinajstić information content (AvgIpc) is 2.85. The molecule has 3 N–H and O–H groups in total. The lowest BCUT2D eigenvalue weighted by Crippen LogP contribution is -2.48. The van der Waals surface area contributed by atoms with Crippen molar-refractivity contribution in [1.82, 2.24) is 15.8 Å². The number of hydrogen-bond donors (Lipinski definition) is 3. The quantitative estimate of drug-likeness (QED) is 0.383. The number of imide groups is 1. The summed E-state index contributed by atoms with van der Waals surface area (Å²) in [6.45, 7) is 5.47. The zero-order chi connectivity index (χ0) is 22.5. The maximum absolute atomic E-state index is 12.8. The van der Waals surface area contributed by atoms with Crippen molar-refractivity contribution in [3.63, 3.8) is 0 Å². The number of aryl methyl sites for hydroxylation is 1. The van der Waals surface area contributed by atoms with Crippen molar-refractivity contribution in [2.45, 2.75) is 64.8 Å². The molecule has 0 aliphatic carbocycles. The molecule has 1 aromatic rings. The number of carbonyl (C=O) groups is 3. The van der Waals surface area contributed by atoms with Crippen LogP contribution in [0.5, 0.6) is 0 Å². The van der Waals surface area contributed by atoms with E-state index in [0.717, 1.165) is 38.4 Å². The third-order valence-corrected chi connectivity index (χ3v) is 5.64. The van der Waals surface area contributed by atoms with E-state index in [-0.39, 0.29) is 11.3 Å². The number of hydrazine groups is 1. The van der Waals surface area contributed by atoms with Crippen molar-refractivity contribution in [3.8, 4) is 0 Å². The second-order valence-electron chi connectivity index (χ2n) is 7.91. The second kappa shape index (κ2) is 9.46. The van der Waals surface area contributed by atoms with Crippen molar-refractivity contribution in [1.29, 1.82) is 0 Å². The summed E-state index contributed by atoms with van der Waals surface area (Å²) in [6.07, 6.45) is 6.59. The third kappa shape index (κ3) is 5.94. The Morgan fingerprint density at radius 3 is 2.47 bits per heavy atom. The van der Waals surface area contributed by atoms with E-state index in [2.05, 4.69) is 22.4 Å². The number of nitrogens with one attached hydrogen (secondary N) is 3. The number of amides is 4. The van der Waals surface area contributed by atoms with Gasteiger partial charge in [-0.15, -0.1) is 0 Å². The molecule has 30 heavy (non-hydrogen) atoms. The minimum Gasteiger partial charge on any atom is -0.322 e. The Morgan fingerprint density at radius 2 is 1.83 bits per heavy atom. The van der Waals surface area contributed by atoms with E-state index in [9.17, 15) is 22.8 Å². The van der Waals surface area contributed by atoms with Crippen molar-refractivity contribution in [2.24, 2.45) is 0 Å². The van der Waals surface area contributed by atoms with E-state index in [1.165, 1.54) is 12.1 Å². The van der Waals surface area contributed by atoms with Crippen molar-refractivity contribution >= 4 is 33.6 Å². The highest BCUT2D eigenvalue weighted by Crippen LogP contribution is 2.24. The topological polar surface area (TPSA) is 125 Å². The Labute approximate surface area is 177 Å². The number of carbonyl (C=O) groups excluding carboxylic acids is 3. The largest absolute Gasteiger partial charge is 0.344 e. The molecule has 1 aliphatic rings. The fourth-order valence-corrected chi connectivity index (χ4v) is 3.90. The molecule has 1 unspecified atom stereocenters. The molecule has 10 heteroatoms. The summed E-state index contributed by atoms with van der Waals surface area (Å²) in [6, 6.07) is 3.74. The predicted octanol–water partition coefficient (Wildman–Crippen LogP) is 2.68. The number of nitrogens with zero attached hydrogens (tertiary/aromatic N) is 1. The van der Waals surface area contributed by atoms with Gasteiger partial charge < -0.3 is 5.32 Å². The highest BCUT2D eigenvalue weighted by atomic mass is 32.2. The Kier molecular flexibility index (Phi) is 7.46. The van der Waals surface area contributed by atoms with Gasteiger partial charge in [0.1, 0.15) is 5.54 Å². The monoisotopic (exact) mass is 438 g/mol. The van der Waals surface area contributed by atoms with Gasteiger partial charge in [0.15, 0.2) is 0 Å². The van der Waals surface area contributed by atoms with Gasteiger partial charge in [-0.3, -0.25) is 19.7 Å². The van der Waals surface area contributed by atoms with E-state index < -0.39 is 33.4 Å². The minimum atomic E-state index is -3.52. The first kappa shape index (κ1) is 23.7. The smallest absolute Gasteiger partial charge is 0.322 e. The normalized spacial score (nSPS) is 19.0. The molecule has 0 saturated carbocycles. The number of anilines is 1. The zero-order valence-electron chi connectivity index (χ0n) is 17.9. The van der Waals surface area contributed by atoms with Crippen LogP contribution in [0.1, 0.15) is 68.3 Å². The van der Waals surface area contributed by atoms with Gasteiger partial charge in [0, 0.05) is 5.56 Å². The summed E-state index contributed by atoms with van der Waals surface area (Å²) in [5, 5.41) is 3.35. The summed E-state index contributed by atoms with van der Waals surface area (Å²) >= 11 is 0. The maximum atomic E-state index is 12.8. The molecule has 1 atom stereocenters. The van der Waals surface area contributed by atoms with Crippen LogP contribution in [-0.2, 0) is 14.8 Å². The van der Waals surface area contributed by atoms with Crippen LogP contribution in [0.3, 0.4) is 0 Å². The van der Waals surface area contributed by atoms with Crippen LogP contribution in [0.15, 0.2) is 18.2 Å². The summed E-state index contributed by atoms with van der Waals surface area (Å²) < 4.78 is 25.3. The van der Waals surface area contributed by atoms with Gasteiger partial charge >= 0.3 is 6.03 Å². The van der Waals surface area contributed by atoms with Crippen LogP contribution in [0.2, 0.25) is 0 Å². The van der Waals surface area contributed by atoms with E-state index in [0.29, 0.717) is 17.0 Å². The van der Waals surface area contributed by atoms with Crippen LogP contribution in [0, 0.1) is 6.92 Å². The zero-order valence-corrected chi connectivity index (χ0v) is 18.7. The summed E-state index contributed by atoms with van der Waals surface area (Å²) in [5.41, 5.74) is 2.25. The average molecular weight is 439 g/mol. The van der Waals surface area contributed by atoms with E-state index in [1.54, 1.807) is 19.9 Å². The minimum absolute atomic E-state index is 0.112. The van der Waals surface area contributed by atoms with E-state index >= 15 is 0 Å². The lowest BCUT2D eigenvalue weighted by molar-refractivity contribution is -0.132. The number of benzene rings is 1.